The molecule has 2 heterocycles. The maximum Gasteiger partial charge on any atom is 0.326 e. The Morgan fingerprint density at radius 1 is 1.55 bits per heavy atom. The van der Waals surface area contributed by atoms with Gasteiger partial charge in [-0.1, -0.05) is 6.07 Å². The lowest BCUT2D eigenvalue weighted by molar-refractivity contribution is -0.138. The van der Waals surface area contributed by atoms with Crippen LogP contribution in [0, 0.1) is 0 Å². The molecule has 0 saturated carbocycles. The Hall–Kier alpha value is -1.99. The monoisotopic (exact) mass is 292 g/mol. The molecule has 7 heteroatoms. The van der Waals surface area contributed by atoms with Crippen LogP contribution in [0.3, 0.4) is 0 Å². The first-order valence-corrected chi connectivity index (χ1v) is 7.08. The summed E-state index contributed by atoms with van der Waals surface area (Å²) in [5.41, 5.74) is 6.88. The van der Waals surface area contributed by atoms with Crippen LogP contribution < -0.4 is 10.6 Å². The third kappa shape index (κ3) is 3.31. The van der Waals surface area contributed by atoms with Crippen LogP contribution in [0.25, 0.3) is 0 Å². The first-order chi connectivity index (χ1) is 9.61. The SMILES string of the molecule is CCN(Cc1ccccn1)c1nc(C(N)C(=O)O)cs1. The fraction of sp³-hybridized carbons (Fsp3) is 0.308. The van der Waals surface area contributed by atoms with Gasteiger partial charge in [-0.3, -0.25) is 9.78 Å². The number of nitrogens with two attached hydrogens (primary N) is 1. The summed E-state index contributed by atoms with van der Waals surface area (Å²) < 4.78 is 0. The van der Waals surface area contributed by atoms with Gasteiger partial charge in [0.05, 0.1) is 17.9 Å². The maximum absolute atomic E-state index is 10.9. The highest BCUT2D eigenvalue weighted by Crippen LogP contribution is 2.24. The van der Waals surface area contributed by atoms with Gasteiger partial charge in [-0.15, -0.1) is 11.3 Å². The quantitative estimate of drug-likeness (QED) is 0.841. The summed E-state index contributed by atoms with van der Waals surface area (Å²) in [6, 6.07) is 4.67. The van der Waals surface area contributed by atoms with Gasteiger partial charge in [-0.2, -0.15) is 0 Å². The highest BCUT2D eigenvalue weighted by Gasteiger charge is 2.19. The summed E-state index contributed by atoms with van der Waals surface area (Å²) in [5, 5.41) is 11.3. The average molecular weight is 292 g/mol. The van der Waals surface area contributed by atoms with Crippen LogP contribution >= 0.6 is 11.3 Å². The van der Waals surface area contributed by atoms with Gasteiger partial charge < -0.3 is 15.7 Å². The lowest BCUT2D eigenvalue weighted by Gasteiger charge is -2.19. The predicted octanol–water partition coefficient (Wildman–Crippen LogP) is 1.65. The number of aliphatic carboxylic acids is 1. The van der Waals surface area contributed by atoms with Crippen molar-refractivity contribution in [3.05, 3.63) is 41.2 Å². The molecule has 0 spiro atoms. The van der Waals surface area contributed by atoms with Crippen molar-refractivity contribution in [2.75, 3.05) is 11.4 Å². The van der Waals surface area contributed by atoms with Gasteiger partial charge in [-0.25, -0.2) is 4.98 Å². The summed E-state index contributed by atoms with van der Waals surface area (Å²) in [7, 11) is 0. The molecule has 0 aliphatic rings. The van der Waals surface area contributed by atoms with E-state index >= 15 is 0 Å². The van der Waals surface area contributed by atoms with Gasteiger partial charge in [0.25, 0.3) is 0 Å². The molecule has 1 atom stereocenters. The molecule has 0 aliphatic heterocycles. The number of aromatic nitrogens is 2. The van der Waals surface area contributed by atoms with Crippen molar-refractivity contribution < 1.29 is 9.90 Å². The molecular formula is C13H16N4O2S. The van der Waals surface area contributed by atoms with Crippen molar-refractivity contribution in [3.63, 3.8) is 0 Å². The van der Waals surface area contributed by atoms with E-state index in [2.05, 4.69) is 9.97 Å². The number of carboxylic acid groups (broad SMARTS) is 1. The predicted molar refractivity (Wildman–Crippen MR) is 77.6 cm³/mol. The molecule has 0 saturated heterocycles. The molecule has 106 valence electrons. The minimum Gasteiger partial charge on any atom is -0.480 e. The Kier molecular flexibility index (Phi) is 4.65. The Labute approximate surface area is 120 Å². The summed E-state index contributed by atoms with van der Waals surface area (Å²) in [5.74, 6) is -1.07. The van der Waals surface area contributed by atoms with E-state index in [1.807, 2.05) is 30.0 Å². The van der Waals surface area contributed by atoms with Crippen molar-refractivity contribution >= 4 is 22.4 Å². The van der Waals surface area contributed by atoms with Crippen molar-refractivity contribution in [2.24, 2.45) is 5.73 Å². The van der Waals surface area contributed by atoms with E-state index in [1.54, 1.807) is 11.6 Å². The molecule has 2 aromatic heterocycles. The lowest BCUT2D eigenvalue weighted by Crippen LogP contribution is -2.24. The molecule has 0 radical (unpaired) electrons. The topological polar surface area (TPSA) is 92.3 Å². The second kappa shape index (κ2) is 6.44. The standard InChI is InChI=1S/C13H16N4O2S/c1-2-17(7-9-5-3-4-6-15-9)13-16-10(8-20-13)11(14)12(18)19/h3-6,8,11H,2,7,14H2,1H3,(H,18,19). The third-order valence-electron chi connectivity index (χ3n) is 2.83. The molecule has 0 amide bonds. The van der Waals surface area contributed by atoms with Crippen LogP contribution in [-0.2, 0) is 11.3 Å². The first-order valence-electron chi connectivity index (χ1n) is 6.20. The van der Waals surface area contributed by atoms with Crippen LogP contribution in [0.2, 0.25) is 0 Å². The van der Waals surface area contributed by atoms with Crippen molar-refractivity contribution in [1.82, 2.24) is 9.97 Å². The van der Waals surface area contributed by atoms with Gasteiger partial charge in [0.2, 0.25) is 0 Å². The normalized spacial score (nSPS) is 12.1. The smallest absolute Gasteiger partial charge is 0.326 e. The first kappa shape index (κ1) is 14.4. The van der Waals surface area contributed by atoms with Gasteiger partial charge in [0, 0.05) is 18.1 Å². The number of nitrogens with zero attached hydrogens (tertiary/aromatic N) is 3. The van der Waals surface area contributed by atoms with Crippen LogP contribution in [0.5, 0.6) is 0 Å². The number of carboxylic acids is 1. The summed E-state index contributed by atoms with van der Waals surface area (Å²) >= 11 is 1.39. The molecular weight excluding hydrogens is 276 g/mol. The number of hydrogen-bond acceptors (Lipinski definition) is 6. The minimum atomic E-state index is -1.08. The van der Waals surface area contributed by atoms with Crippen LogP contribution in [0.15, 0.2) is 29.8 Å². The number of anilines is 1. The molecule has 2 aromatic rings. The van der Waals surface area contributed by atoms with Crippen molar-refractivity contribution in [2.45, 2.75) is 19.5 Å². The molecule has 0 aliphatic carbocycles. The average Bonchev–Trinajstić information content (AvgIpc) is 2.94. The third-order valence-corrected chi connectivity index (χ3v) is 3.75. The summed E-state index contributed by atoms with van der Waals surface area (Å²) in [4.78, 5) is 21.5. The number of hydrogen-bond donors (Lipinski definition) is 2. The Bertz CT molecular complexity index is 573. The zero-order valence-corrected chi connectivity index (χ0v) is 11.9. The largest absolute Gasteiger partial charge is 0.480 e. The number of rotatable bonds is 6. The Morgan fingerprint density at radius 2 is 2.35 bits per heavy atom. The maximum atomic E-state index is 10.9. The lowest BCUT2D eigenvalue weighted by atomic mass is 10.2. The molecule has 0 aromatic carbocycles. The minimum absolute atomic E-state index is 0.386. The van der Waals surface area contributed by atoms with Gasteiger partial charge in [0.15, 0.2) is 5.13 Å². The molecule has 1 unspecified atom stereocenters. The fourth-order valence-corrected chi connectivity index (χ4v) is 2.62. The van der Waals surface area contributed by atoms with E-state index in [0.29, 0.717) is 12.2 Å². The summed E-state index contributed by atoms with van der Waals surface area (Å²) in [6.45, 7) is 3.40. The zero-order chi connectivity index (χ0) is 14.5. The molecule has 2 rings (SSSR count). The summed E-state index contributed by atoms with van der Waals surface area (Å²) in [6.07, 6.45) is 1.75. The zero-order valence-electron chi connectivity index (χ0n) is 11.1. The van der Waals surface area contributed by atoms with E-state index in [4.69, 9.17) is 10.8 Å². The van der Waals surface area contributed by atoms with E-state index < -0.39 is 12.0 Å². The van der Waals surface area contributed by atoms with Gasteiger partial charge >= 0.3 is 5.97 Å². The Balaban J connectivity index is 2.14. The number of pyridine rings is 1. The fourth-order valence-electron chi connectivity index (χ4n) is 1.69. The van der Waals surface area contributed by atoms with E-state index in [-0.39, 0.29) is 0 Å². The molecule has 0 bridgehead atoms. The highest BCUT2D eigenvalue weighted by molar-refractivity contribution is 7.13. The van der Waals surface area contributed by atoms with Crippen molar-refractivity contribution in [3.8, 4) is 0 Å². The number of carbonyl (C=O) groups is 1. The molecule has 0 fully saturated rings. The molecule has 6 nitrogen and oxygen atoms in total. The Morgan fingerprint density at radius 3 is 2.95 bits per heavy atom. The second-order valence-electron chi connectivity index (χ2n) is 4.21. The molecule has 20 heavy (non-hydrogen) atoms. The second-order valence-corrected chi connectivity index (χ2v) is 5.04. The van der Waals surface area contributed by atoms with Crippen LogP contribution in [0.4, 0.5) is 5.13 Å². The molecule has 3 N–H and O–H groups in total. The van der Waals surface area contributed by atoms with Crippen LogP contribution in [-0.4, -0.2) is 27.6 Å². The van der Waals surface area contributed by atoms with E-state index in [9.17, 15) is 4.79 Å². The van der Waals surface area contributed by atoms with Gasteiger partial charge in [0.1, 0.15) is 6.04 Å². The van der Waals surface area contributed by atoms with E-state index in [0.717, 1.165) is 17.4 Å². The highest BCUT2D eigenvalue weighted by atomic mass is 32.1. The van der Waals surface area contributed by atoms with Crippen LogP contribution in [0.1, 0.15) is 24.4 Å². The van der Waals surface area contributed by atoms with Crippen molar-refractivity contribution in [1.29, 1.82) is 0 Å². The van der Waals surface area contributed by atoms with E-state index in [1.165, 1.54) is 11.3 Å². The number of thiazole rings is 1. The van der Waals surface area contributed by atoms with Gasteiger partial charge in [-0.05, 0) is 19.1 Å².